The Balaban J connectivity index is 1.83. The molecule has 2 aromatic heterocycles. The van der Waals surface area contributed by atoms with Gasteiger partial charge >= 0.3 is 0 Å². The van der Waals surface area contributed by atoms with E-state index in [4.69, 9.17) is 4.74 Å². The minimum Gasteiger partial charge on any atom is -0.378 e. The molecule has 1 saturated heterocycles. The predicted octanol–water partition coefficient (Wildman–Crippen LogP) is 0.143. The molecule has 2 aromatic rings. The molecule has 0 amide bonds. The van der Waals surface area contributed by atoms with Gasteiger partial charge in [-0.05, 0) is 24.6 Å². The quantitative estimate of drug-likeness (QED) is 0.808. The van der Waals surface area contributed by atoms with E-state index in [1.54, 1.807) is 0 Å². The molecule has 1 N–H and O–H groups in total. The van der Waals surface area contributed by atoms with E-state index in [9.17, 15) is 4.79 Å². The summed E-state index contributed by atoms with van der Waals surface area (Å²) in [6.45, 7) is 4.59. The molecule has 2 aliphatic heterocycles. The second kappa shape index (κ2) is 5.33. The molecule has 4 rings (SSSR count). The first-order chi connectivity index (χ1) is 10.7. The molecule has 0 unspecified atom stereocenters. The normalized spacial score (nSPS) is 19.4. The van der Waals surface area contributed by atoms with Crippen LogP contribution in [0.3, 0.4) is 0 Å². The summed E-state index contributed by atoms with van der Waals surface area (Å²) >= 11 is 0. The Labute approximate surface area is 127 Å². The van der Waals surface area contributed by atoms with Crippen molar-refractivity contribution in [2.24, 2.45) is 0 Å². The number of morpholine rings is 1. The molecular formula is C15H19N5O2. The zero-order valence-electron chi connectivity index (χ0n) is 12.6. The summed E-state index contributed by atoms with van der Waals surface area (Å²) in [4.78, 5) is 28.8. The summed E-state index contributed by atoms with van der Waals surface area (Å²) in [6.07, 6.45) is 2.73. The predicted molar refractivity (Wildman–Crippen MR) is 83.2 cm³/mol. The molecule has 0 saturated carbocycles. The monoisotopic (exact) mass is 301 g/mol. The highest BCUT2D eigenvalue weighted by Gasteiger charge is 2.21. The molecule has 7 heteroatoms. The number of aromatic nitrogens is 3. The average molecular weight is 301 g/mol. The molecular weight excluding hydrogens is 282 g/mol. The van der Waals surface area contributed by atoms with Crippen LogP contribution in [0.2, 0.25) is 0 Å². The van der Waals surface area contributed by atoms with Gasteiger partial charge in [0.05, 0.1) is 18.6 Å². The van der Waals surface area contributed by atoms with E-state index in [-0.39, 0.29) is 5.56 Å². The van der Waals surface area contributed by atoms with Crippen molar-refractivity contribution >= 4 is 17.0 Å². The smallest absolute Gasteiger partial charge is 0.262 e. The maximum absolute atomic E-state index is 12.6. The average Bonchev–Trinajstić information content (AvgIpc) is 2.55. The van der Waals surface area contributed by atoms with Crippen LogP contribution in [-0.2, 0) is 17.7 Å². The lowest BCUT2D eigenvalue weighted by Crippen LogP contribution is -2.38. The van der Waals surface area contributed by atoms with E-state index >= 15 is 0 Å². The van der Waals surface area contributed by atoms with E-state index in [2.05, 4.69) is 26.9 Å². The Morgan fingerprint density at radius 2 is 2.09 bits per heavy atom. The van der Waals surface area contributed by atoms with Gasteiger partial charge in [-0.25, -0.2) is 4.98 Å². The molecule has 0 spiro atoms. The van der Waals surface area contributed by atoms with Crippen molar-refractivity contribution in [1.82, 2.24) is 19.9 Å². The van der Waals surface area contributed by atoms with Crippen LogP contribution in [-0.4, -0.2) is 59.7 Å². The van der Waals surface area contributed by atoms with Crippen molar-refractivity contribution in [1.29, 1.82) is 0 Å². The third-order valence-corrected chi connectivity index (χ3v) is 4.41. The lowest BCUT2D eigenvalue weighted by molar-refractivity contribution is 0.122. The summed E-state index contributed by atoms with van der Waals surface area (Å²) < 4.78 is 5.34. The van der Waals surface area contributed by atoms with Crippen molar-refractivity contribution in [2.75, 3.05) is 44.8 Å². The second-order valence-corrected chi connectivity index (χ2v) is 5.94. The van der Waals surface area contributed by atoms with Crippen LogP contribution in [0.1, 0.15) is 11.1 Å². The highest BCUT2D eigenvalue weighted by molar-refractivity contribution is 5.80. The summed E-state index contributed by atoms with van der Waals surface area (Å²) in [5, 5.41) is 0.655. The molecule has 0 atom stereocenters. The molecule has 0 bridgehead atoms. The number of anilines is 1. The number of pyridine rings is 1. The van der Waals surface area contributed by atoms with Gasteiger partial charge < -0.3 is 14.5 Å². The largest absolute Gasteiger partial charge is 0.378 e. The third-order valence-electron chi connectivity index (χ3n) is 4.41. The van der Waals surface area contributed by atoms with E-state index in [0.717, 1.165) is 43.7 Å². The number of nitrogens with one attached hydrogen (secondary N) is 1. The number of nitrogens with zero attached hydrogens (tertiary/aromatic N) is 4. The van der Waals surface area contributed by atoms with Crippen molar-refractivity contribution < 1.29 is 4.74 Å². The van der Waals surface area contributed by atoms with Gasteiger partial charge in [0.15, 0.2) is 5.65 Å². The van der Waals surface area contributed by atoms with Gasteiger partial charge in [0.2, 0.25) is 5.95 Å². The summed E-state index contributed by atoms with van der Waals surface area (Å²) in [5.41, 5.74) is 2.70. The fraction of sp³-hybridized carbons (Fsp3) is 0.533. The number of hydrogen-bond donors (Lipinski definition) is 1. The van der Waals surface area contributed by atoms with Gasteiger partial charge in [-0.15, -0.1) is 0 Å². The number of likely N-dealkylation sites (N-methyl/N-ethyl adjacent to an activating group) is 1. The van der Waals surface area contributed by atoms with E-state index in [1.807, 2.05) is 11.1 Å². The van der Waals surface area contributed by atoms with Gasteiger partial charge in [0.1, 0.15) is 0 Å². The van der Waals surface area contributed by atoms with Crippen molar-refractivity contribution in [2.45, 2.75) is 13.0 Å². The van der Waals surface area contributed by atoms with Gasteiger partial charge in [0.25, 0.3) is 5.56 Å². The standard InChI is InChI=1S/C15H19N5O2/c1-19-3-2-11-10(9-19)8-16-13-12(11)14(21)18-15(17-13)20-4-6-22-7-5-20/h8H,2-7,9H2,1H3,(H,16,17,18,21). The third kappa shape index (κ3) is 2.26. The van der Waals surface area contributed by atoms with Gasteiger partial charge in [0, 0.05) is 32.4 Å². The maximum Gasteiger partial charge on any atom is 0.262 e. The van der Waals surface area contributed by atoms with E-state index in [0.29, 0.717) is 30.2 Å². The molecule has 2 aliphatic rings. The Kier molecular flexibility index (Phi) is 3.31. The maximum atomic E-state index is 12.6. The molecule has 0 radical (unpaired) electrons. The Morgan fingerprint density at radius 3 is 2.91 bits per heavy atom. The van der Waals surface area contributed by atoms with Crippen LogP contribution in [0.25, 0.3) is 11.0 Å². The highest BCUT2D eigenvalue weighted by atomic mass is 16.5. The molecule has 0 aromatic carbocycles. The van der Waals surface area contributed by atoms with Crippen LogP contribution in [0, 0.1) is 0 Å². The summed E-state index contributed by atoms with van der Waals surface area (Å²) in [5.74, 6) is 0.598. The molecule has 0 aliphatic carbocycles. The van der Waals surface area contributed by atoms with E-state index in [1.165, 1.54) is 0 Å². The first-order valence-corrected chi connectivity index (χ1v) is 7.64. The molecule has 1 fully saturated rings. The topological polar surface area (TPSA) is 74.4 Å². The number of fused-ring (bicyclic) bond motifs is 3. The zero-order valence-corrected chi connectivity index (χ0v) is 12.6. The summed E-state index contributed by atoms with van der Waals surface area (Å²) in [6, 6.07) is 0. The Morgan fingerprint density at radius 1 is 1.27 bits per heavy atom. The number of ether oxygens (including phenoxy) is 1. The van der Waals surface area contributed by atoms with Crippen LogP contribution >= 0.6 is 0 Å². The second-order valence-electron chi connectivity index (χ2n) is 5.94. The molecule has 116 valence electrons. The Hall–Kier alpha value is -1.99. The van der Waals surface area contributed by atoms with Crippen molar-refractivity contribution in [3.05, 3.63) is 27.7 Å². The van der Waals surface area contributed by atoms with Crippen molar-refractivity contribution in [3.8, 4) is 0 Å². The molecule has 4 heterocycles. The zero-order chi connectivity index (χ0) is 15.1. The van der Waals surface area contributed by atoms with Crippen LogP contribution in [0.5, 0.6) is 0 Å². The van der Waals surface area contributed by atoms with Gasteiger partial charge in [-0.1, -0.05) is 0 Å². The number of aromatic amines is 1. The SMILES string of the molecule is CN1CCc2c(cnc3nc(N4CCOCC4)[nH]c(=O)c23)C1. The minimum absolute atomic E-state index is 0.0830. The van der Waals surface area contributed by atoms with Gasteiger partial charge in [-0.3, -0.25) is 9.78 Å². The summed E-state index contributed by atoms with van der Waals surface area (Å²) in [7, 11) is 2.08. The fourth-order valence-electron chi connectivity index (χ4n) is 3.21. The first-order valence-electron chi connectivity index (χ1n) is 7.64. The van der Waals surface area contributed by atoms with Crippen molar-refractivity contribution in [3.63, 3.8) is 0 Å². The fourth-order valence-corrected chi connectivity index (χ4v) is 3.21. The molecule has 22 heavy (non-hydrogen) atoms. The van der Waals surface area contributed by atoms with Crippen LogP contribution < -0.4 is 10.5 Å². The lowest BCUT2D eigenvalue weighted by Gasteiger charge is -2.28. The number of rotatable bonds is 1. The first kappa shape index (κ1) is 13.7. The minimum atomic E-state index is -0.0830. The van der Waals surface area contributed by atoms with E-state index < -0.39 is 0 Å². The number of hydrogen-bond acceptors (Lipinski definition) is 6. The molecule has 7 nitrogen and oxygen atoms in total. The van der Waals surface area contributed by atoms with Crippen LogP contribution in [0.4, 0.5) is 5.95 Å². The van der Waals surface area contributed by atoms with Gasteiger partial charge in [-0.2, -0.15) is 4.98 Å². The highest BCUT2D eigenvalue weighted by Crippen LogP contribution is 2.23. The van der Waals surface area contributed by atoms with Crippen LogP contribution in [0.15, 0.2) is 11.0 Å². The number of H-pyrrole nitrogens is 1. The Bertz CT molecular complexity index is 766. The lowest BCUT2D eigenvalue weighted by atomic mass is 9.99.